The van der Waals surface area contributed by atoms with Gasteiger partial charge in [-0.15, -0.1) is 0 Å². The van der Waals surface area contributed by atoms with Crippen LogP contribution in [-0.2, 0) is 38.2 Å². The van der Waals surface area contributed by atoms with E-state index < -0.39 is 47.7 Å². The smallest absolute Gasteiger partial charge is 0.329 e. The van der Waals surface area contributed by atoms with Crippen molar-refractivity contribution >= 4 is 35.6 Å². The summed E-state index contributed by atoms with van der Waals surface area (Å²) < 4.78 is 10.1. The summed E-state index contributed by atoms with van der Waals surface area (Å²) >= 11 is 0. The fourth-order valence-corrected chi connectivity index (χ4v) is 2.63. The summed E-state index contributed by atoms with van der Waals surface area (Å²) in [6.07, 6.45) is 3.02. The van der Waals surface area contributed by atoms with Crippen molar-refractivity contribution in [3.05, 3.63) is 12.2 Å². The van der Waals surface area contributed by atoms with Crippen LogP contribution in [0, 0.1) is 0 Å². The van der Waals surface area contributed by atoms with Crippen LogP contribution >= 0.6 is 0 Å². The van der Waals surface area contributed by atoms with Crippen molar-refractivity contribution in [2.24, 2.45) is 0 Å². The highest BCUT2D eigenvalue weighted by molar-refractivity contribution is 6.14. The predicted molar refractivity (Wildman–Crippen MR) is 110 cm³/mol. The molecule has 2 atom stereocenters. The third kappa shape index (κ3) is 8.31. The fourth-order valence-electron chi connectivity index (χ4n) is 2.63. The molecule has 1 aliphatic rings. The number of hydrogen-bond acceptors (Lipinski definition) is 8. The van der Waals surface area contributed by atoms with Gasteiger partial charge in [-0.2, -0.15) is 0 Å². The predicted octanol–water partition coefficient (Wildman–Crippen LogP) is 1.37. The molecule has 0 aromatic heterocycles. The molecule has 0 radical (unpaired) electrons. The number of imide groups is 2. The van der Waals surface area contributed by atoms with E-state index in [1.807, 2.05) is 13.8 Å². The van der Waals surface area contributed by atoms with Crippen LogP contribution in [0.1, 0.15) is 60.8 Å². The molecular weight excluding hydrogens is 408 g/mol. The van der Waals surface area contributed by atoms with Gasteiger partial charge in [0.25, 0.3) is 11.8 Å². The molecule has 31 heavy (non-hydrogen) atoms. The lowest BCUT2D eigenvalue weighted by Crippen LogP contribution is -2.46. The summed E-state index contributed by atoms with van der Waals surface area (Å²) in [6.45, 7) is 9.64. The van der Waals surface area contributed by atoms with Gasteiger partial charge < -0.3 is 9.47 Å². The monoisotopic (exact) mass is 440 g/mol. The number of unbranched alkanes of at least 4 members (excludes halogenated alkanes) is 1. The Kier molecular flexibility index (Phi) is 12.7. The minimum Gasteiger partial charge on any atom is -0.464 e. The minimum atomic E-state index is -1.03. The van der Waals surface area contributed by atoms with Gasteiger partial charge >= 0.3 is 11.9 Å². The lowest BCUT2D eigenvalue weighted by molar-refractivity contribution is -0.160. The summed E-state index contributed by atoms with van der Waals surface area (Å²) in [5.74, 6) is -3.55. The Morgan fingerprint density at radius 1 is 0.935 bits per heavy atom. The third-order valence-electron chi connectivity index (χ3n) is 4.24. The van der Waals surface area contributed by atoms with Crippen LogP contribution < -0.4 is 0 Å². The van der Waals surface area contributed by atoms with Crippen molar-refractivity contribution in [3.8, 4) is 0 Å². The summed E-state index contributed by atoms with van der Waals surface area (Å²) in [5, 5.41) is 0. The van der Waals surface area contributed by atoms with Crippen LogP contribution in [-0.4, -0.2) is 70.7 Å². The number of esters is 2. The summed E-state index contributed by atoms with van der Waals surface area (Å²) in [4.78, 5) is 72.0. The number of hydrogen-bond donors (Lipinski definition) is 0. The molecular formula is C21H32N2O8. The first-order chi connectivity index (χ1) is 14.6. The van der Waals surface area contributed by atoms with Crippen LogP contribution in [0.3, 0.4) is 0 Å². The molecule has 1 aliphatic heterocycles. The Bertz CT molecular complexity index is 698. The highest BCUT2D eigenvalue weighted by Gasteiger charge is 2.33. The third-order valence-corrected chi connectivity index (χ3v) is 4.24. The molecule has 10 nitrogen and oxygen atoms in total. The summed E-state index contributed by atoms with van der Waals surface area (Å²) in [6, 6.07) is -2.06. The molecule has 10 heteroatoms. The first-order valence-corrected chi connectivity index (χ1v) is 10.3. The molecule has 4 amide bonds. The molecule has 0 saturated heterocycles. The highest BCUT2D eigenvalue weighted by Crippen LogP contribution is 2.11. The molecule has 0 aromatic carbocycles. The second-order valence-corrected chi connectivity index (χ2v) is 6.41. The second kappa shape index (κ2) is 14.1. The van der Waals surface area contributed by atoms with Gasteiger partial charge in [-0.25, -0.2) is 9.59 Å². The molecule has 0 bridgehead atoms. The number of amides is 4. The normalized spacial score (nSPS) is 14.3. The molecule has 0 fully saturated rings. The SMILES string of the molecule is CC.CCC(=O)N(C(C)=O)C(C)C(=O)OCCCCOC(=O)C(C)N1C(=O)C=CC1=O. The van der Waals surface area contributed by atoms with Crippen molar-refractivity contribution in [2.75, 3.05) is 13.2 Å². The standard InChI is InChI=1S/C19H26N2O8.C2H6/c1-5-15(23)20(14(4)22)12(2)18(26)28-10-6-7-11-29-19(27)13(3)21-16(24)8-9-17(21)25;1-2/h8-9,12-13H,5-7,10-11H2,1-4H3;1-2H3. The van der Waals surface area contributed by atoms with E-state index in [0.29, 0.717) is 12.8 Å². The molecule has 2 unspecified atom stereocenters. The number of rotatable bonds is 10. The van der Waals surface area contributed by atoms with Crippen molar-refractivity contribution in [1.82, 2.24) is 9.80 Å². The zero-order valence-electron chi connectivity index (χ0n) is 19.0. The van der Waals surface area contributed by atoms with Gasteiger partial charge in [0.15, 0.2) is 0 Å². The second-order valence-electron chi connectivity index (χ2n) is 6.41. The van der Waals surface area contributed by atoms with Crippen molar-refractivity contribution in [3.63, 3.8) is 0 Å². The van der Waals surface area contributed by atoms with Gasteiger partial charge in [0.2, 0.25) is 11.8 Å². The maximum Gasteiger partial charge on any atom is 0.329 e. The van der Waals surface area contributed by atoms with Crippen molar-refractivity contribution in [1.29, 1.82) is 0 Å². The van der Waals surface area contributed by atoms with Gasteiger partial charge in [-0.05, 0) is 26.7 Å². The van der Waals surface area contributed by atoms with Gasteiger partial charge in [-0.3, -0.25) is 29.0 Å². The van der Waals surface area contributed by atoms with E-state index in [1.54, 1.807) is 6.92 Å². The molecule has 174 valence electrons. The van der Waals surface area contributed by atoms with Crippen LogP contribution in [0.25, 0.3) is 0 Å². The first-order valence-electron chi connectivity index (χ1n) is 10.3. The maximum absolute atomic E-state index is 12.0. The van der Waals surface area contributed by atoms with Gasteiger partial charge in [0.05, 0.1) is 13.2 Å². The summed E-state index contributed by atoms with van der Waals surface area (Å²) in [5.41, 5.74) is 0. The Hall–Kier alpha value is -3.04. The lowest BCUT2D eigenvalue weighted by atomic mass is 10.2. The van der Waals surface area contributed by atoms with E-state index in [9.17, 15) is 28.8 Å². The lowest BCUT2D eigenvalue weighted by Gasteiger charge is -2.24. The van der Waals surface area contributed by atoms with Crippen molar-refractivity contribution < 1.29 is 38.2 Å². The van der Waals surface area contributed by atoms with Gasteiger partial charge in [0, 0.05) is 25.5 Å². The molecule has 0 aromatic rings. The van der Waals surface area contributed by atoms with E-state index in [2.05, 4.69) is 0 Å². The van der Waals surface area contributed by atoms with Gasteiger partial charge in [0.1, 0.15) is 12.1 Å². The first kappa shape index (κ1) is 28.0. The minimum absolute atomic E-state index is 0.0216. The molecule has 0 N–H and O–H groups in total. The molecule has 1 heterocycles. The molecule has 1 rings (SSSR count). The number of nitrogens with zero attached hydrogens (tertiary/aromatic N) is 2. The number of carbonyl (C=O) groups excluding carboxylic acids is 6. The Morgan fingerprint density at radius 3 is 1.81 bits per heavy atom. The average Bonchev–Trinajstić information content (AvgIpc) is 3.08. The van der Waals surface area contributed by atoms with Crippen LogP contribution in [0.2, 0.25) is 0 Å². The van der Waals surface area contributed by atoms with E-state index in [0.717, 1.165) is 22.0 Å². The number of ether oxygens (including phenoxy) is 2. The quantitative estimate of drug-likeness (QED) is 0.283. The van der Waals surface area contributed by atoms with Crippen LogP contribution in [0.15, 0.2) is 12.2 Å². The fraction of sp³-hybridized carbons (Fsp3) is 0.619. The Labute approximate surface area is 182 Å². The Balaban J connectivity index is 0.00000436. The van der Waals surface area contributed by atoms with Crippen LogP contribution in [0.4, 0.5) is 0 Å². The average molecular weight is 440 g/mol. The topological polar surface area (TPSA) is 127 Å². The number of carbonyl (C=O) groups is 6. The molecule has 0 aliphatic carbocycles. The Morgan fingerprint density at radius 2 is 1.39 bits per heavy atom. The van der Waals surface area contributed by atoms with E-state index in [1.165, 1.54) is 20.8 Å². The van der Waals surface area contributed by atoms with E-state index >= 15 is 0 Å². The van der Waals surface area contributed by atoms with E-state index in [4.69, 9.17) is 9.47 Å². The van der Waals surface area contributed by atoms with Crippen LogP contribution in [0.5, 0.6) is 0 Å². The molecule has 0 spiro atoms. The zero-order chi connectivity index (χ0) is 24.1. The molecule has 0 saturated carbocycles. The van der Waals surface area contributed by atoms with Crippen molar-refractivity contribution in [2.45, 2.75) is 72.9 Å². The maximum atomic E-state index is 12.0. The zero-order valence-corrected chi connectivity index (χ0v) is 19.0. The summed E-state index contributed by atoms with van der Waals surface area (Å²) in [7, 11) is 0. The van der Waals surface area contributed by atoms with E-state index in [-0.39, 0.29) is 19.6 Å². The highest BCUT2D eigenvalue weighted by atomic mass is 16.5. The largest absolute Gasteiger partial charge is 0.464 e. The van der Waals surface area contributed by atoms with Gasteiger partial charge in [-0.1, -0.05) is 20.8 Å².